The van der Waals surface area contributed by atoms with Crippen LogP contribution in [0.5, 0.6) is 0 Å². The normalized spacial score (nSPS) is 12.5. The molecule has 0 bridgehead atoms. The van der Waals surface area contributed by atoms with Gasteiger partial charge in [-0.05, 0) is 68.3 Å². The maximum Gasteiger partial charge on any atom is 0.129 e. The second-order valence-corrected chi connectivity index (χ2v) is 7.13. The molecule has 1 atom stereocenters. The largest absolute Gasteiger partial charge is 0.207 e. The van der Waals surface area contributed by atoms with E-state index in [1.807, 2.05) is 24.3 Å². The zero-order valence-corrected chi connectivity index (χ0v) is 15.0. The van der Waals surface area contributed by atoms with Crippen molar-refractivity contribution in [3.63, 3.8) is 0 Å². The first-order valence-corrected chi connectivity index (χ1v) is 8.19. The van der Waals surface area contributed by atoms with Gasteiger partial charge in [-0.1, -0.05) is 39.7 Å². The van der Waals surface area contributed by atoms with Crippen molar-refractivity contribution in [3.8, 4) is 0 Å². The van der Waals surface area contributed by atoms with Crippen molar-refractivity contribution in [2.75, 3.05) is 0 Å². The first-order chi connectivity index (χ1) is 8.49. The predicted molar refractivity (Wildman–Crippen MR) is 89.0 cm³/mol. The van der Waals surface area contributed by atoms with E-state index in [-0.39, 0.29) is 10.6 Å². The van der Waals surface area contributed by atoms with E-state index in [1.165, 1.54) is 6.07 Å². The lowest BCUT2D eigenvalue weighted by Gasteiger charge is -2.13. The Bertz CT molecular complexity index is 589. The Kier molecular flexibility index (Phi) is 5.08. The number of halogens is 5. The highest BCUT2D eigenvalue weighted by molar-refractivity contribution is 14.1. The molecule has 0 heterocycles. The van der Waals surface area contributed by atoms with Crippen LogP contribution >= 0.6 is 66.1 Å². The summed E-state index contributed by atoms with van der Waals surface area (Å²) < 4.78 is 15.6. The van der Waals surface area contributed by atoms with Gasteiger partial charge in [0.25, 0.3) is 0 Å². The molecule has 0 spiro atoms. The molecule has 0 radical (unpaired) electrons. The van der Waals surface area contributed by atoms with Crippen LogP contribution in [0.4, 0.5) is 4.39 Å². The van der Waals surface area contributed by atoms with Gasteiger partial charge in [-0.15, -0.1) is 0 Å². The standard InChI is InChI=1S/C13H7Br2ClFI/c14-10-6-12(17)9(5-11(10)16)13(15)7-2-1-3-8(18)4-7/h1-6,13H. The summed E-state index contributed by atoms with van der Waals surface area (Å²) in [7, 11) is 0. The quantitative estimate of drug-likeness (QED) is 0.255. The molecule has 0 nitrogen and oxygen atoms in total. The molecule has 0 saturated heterocycles. The topological polar surface area (TPSA) is 0 Å². The molecule has 94 valence electrons. The minimum absolute atomic E-state index is 0.210. The Morgan fingerprint density at radius 1 is 1.22 bits per heavy atom. The fourth-order valence-corrected chi connectivity index (χ4v) is 3.27. The van der Waals surface area contributed by atoms with Crippen LogP contribution in [0.25, 0.3) is 0 Å². The number of rotatable bonds is 2. The maximum atomic E-state index is 13.9. The lowest BCUT2D eigenvalue weighted by molar-refractivity contribution is 0.612. The molecule has 0 aliphatic heterocycles. The van der Waals surface area contributed by atoms with Crippen molar-refractivity contribution >= 4 is 66.1 Å². The van der Waals surface area contributed by atoms with Gasteiger partial charge in [0.2, 0.25) is 0 Å². The van der Waals surface area contributed by atoms with E-state index in [1.54, 1.807) is 6.07 Å². The second-order valence-electron chi connectivity index (χ2n) is 3.71. The molecule has 0 amide bonds. The summed E-state index contributed by atoms with van der Waals surface area (Å²) >= 11 is 15.0. The lowest BCUT2D eigenvalue weighted by atomic mass is 10.0. The third kappa shape index (κ3) is 3.26. The SMILES string of the molecule is Fc1cc(Br)c(Cl)cc1C(Br)c1cccc(I)c1. The van der Waals surface area contributed by atoms with Crippen LogP contribution in [-0.2, 0) is 0 Å². The minimum Gasteiger partial charge on any atom is -0.207 e. The second kappa shape index (κ2) is 6.20. The molecule has 0 N–H and O–H groups in total. The van der Waals surface area contributed by atoms with Crippen LogP contribution < -0.4 is 0 Å². The molecule has 1 unspecified atom stereocenters. The first-order valence-electron chi connectivity index (χ1n) is 5.03. The molecule has 2 rings (SSSR count). The van der Waals surface area contributed by atoms with E-state index in [0.29, 0.717) is 15.1 Å². The van der Waals surface area contributed by atoms with Crippen molar-refractivity contribution in [1.82, 2.24) is 0 Å². The van der Waals surface area contributed by atoms with Crippen molar-refractivity contribution in [2.45, 2.75) is 4.83 Å². The van der Waals surface area contributed by atoms with Crippen LogP contribution in [0.3, 0.4) is 0 Å². The summed E-state index contributed by atoms with van der Waals surface area (Å²) in [5.74, 6) is -0.285. The Balaban J connectivity index is 2.46. The van der Waals surface area contributed by atoms with Gasteiger partial charge in [-0.3, -0.25) is 0 Å². The molecule has 2 aromatic rings. The molecule has 18 heavy (non-hydrogen) atoms. The zero-order chi connectivity index (χ0) is 13.3. The van der Waals surface area contributed by atoms with Gasteiger partial charge in [0.05, 0.1) is 9.85 Å². The van der Waals surface area contributed by atoms with Crippen molar-refractivity contribution in [2.24, 2.45) is 0 Å². The smallest absolute Gasteiger partial charge is 0.129 e. The van der Waals surface area contributed by atoms with E-state index in [0.717, 1.165) is 9.13 Å². The predicted octanol–water partition coefficient (Wildman–Crippen LogP) is 6.33. The highest BCUT2D eigenvalue weighted by Gasteiger charge is 2.17. The molecule has 0 saturated carbocycles. The molecule has 2 aromatic carbocycles. The van der Waals surface area contributed by atoms with Gasteiger partial charge in [0.1, 0.15) is 5.82 Å². The van der Waals surface area contributed by atoms with Gasteiger partial charge >= 0.3 is 0 Å². The third-order valence-electron chi connectivity index (χ3n) is 2.45. The fourth-order valence-electron chi connectivity index (χ4n) is 1.58. The molecule has 5 heteroatoms. The van der Waals surface area contributed by atoms with E-state index < -0.39 is 0 Å². The monoisotopic (exact) mass is 502 g/mol. The van der Waals surface area contributed by atoms with Crippen LogP contribution in [0.2, 0.25) is 5.02 Å². The maximum absolute atomic E-state index is 13.9. The Morgan fingerprint density at radius 3 is 2.61 bits per heavy atom. The van der Waals surface area contributed by atoms with Crippen molar-refractivity contribution in [1.29, 1.82) is 0 Å². The van der Waals surface area contributed by atoms with Gasteiger partial charge in [0, 0.05) is 13.6 Å². The van der Waals surface area contributed by atoms with Gasteiger partial charge < -0.3 is 0 Å². The summed E-state index contributed by atoms with van der Waals surface area (Å²) in [5, 5.41) is 0.501. The highest BCUT2D eigenvalue weighted by atomic mass is 127. The third-order valence-corrected chi connectivity index (χ3v) is 5.34. The summed E-state index contributed by atoms with van der Waals surface area (Å²) in [6.45, 7) is 0. The Labute approximate surface area is 140 Å². The molecule has 0 fully saturated rings. The number of hydrogen-bond acceptors (Lipinski definition) is 0. The Hall–Kier alpha value is 0.350. The average molecular weight is 504 g/mol. The van der Waals surface area contributed by atoms with Crippen molar-refractivity contribution < 1.29 is 4.39 Å². The summed E-state index contributed by atoms with van der Waals surface area (Å²) in [6, 6.07) is 10.9. The fraction of sp³-hybridized carbons (Fsp3) is 0.0769. The van der Waals surface area contributed by atoms with E-state index in [4.69, 9.17) is 11.6 Å². The molecule has 0 aliphatic rings. The van der Waals surface area contributed by atoms with Gasteiger partial charge in [0.15, 0.2) is 0 Å². The number of benzene rings is 2. The Morgan fingerprint density at radius 2 is 1.94 bits per heavy atom. The van der Waals surface area contributed by atoms with Gasteiger partial charge in [-0.25, -0.2) is 4.39 Å². The average Bonchev–Trinajstić information content (AvgIpc) is 2.33. The molecule has 0 aliphatic carbocycles. The van der Waals surface area contributed by atoms with Crippen LogP contribution in [0, 0.1) is 9.39 Å². The summed E-state index contributed by atoms with van der Waals surface area (Å²) in [6.07, 6.45) is 0. The van der Waals surface area contributed by atoms with Crippen molar-refractivity contribution in [3.05, 3.63) is 66.4 Å². The van der Waals surface area contributed by atoms with Crippen LogP contribution in [0.15, 0.2) is 40.9 Å². The minimum atomic E-state index is -0.285. The van der Waals surface area contributed by atoms with Crippen LogP contribution in [0.1, 0.15) is 16.0 Å². The molecular formula is C13H7Br2ClFI. The molecular weight excluding hydrogens is 497 g/mol. The number of hydrogen-bond donors (Lipinski definition) is 0. The summed E-state index contributed by atoms with van der Waals surface area (Å²) in [5.41, 5.74) is 1.53. The molecule has 0 aromatic heterocycles. The first kappa shape index (κ1) is 14.8. The summed E-state index contributed by atoms with van der Waals surface area (Å²) in [4.78, 5) is -0.210. The highest BCUT2D eigenvalue weighted by Crippen LogP contribution is 2.36. The van der Waals surface area contributed by atoms with E-state index in [2.05, 4.69) is 54.5 Å². The number of alkyl halides is 1. The van der Waals surface area contributed by atoms with E-state index in [9.17, 15) is 4.39 Å². The lowest BCUT2D eigenvalue weighted by Crippen LogP contribution is -1.97. The van der Waals surface area contributed by atoms with Gasteiger partial charge in [-0.2, -0.15) is 0 Å². The van der Waals surface area contributed by atoms with Crippen LogP contribution in [-0.4, -0.2) is 0 Å². The zero-order valence-electron chi connectivity index (χ0n) is 8.93. The van der Waals surface area contributed by atoms with E-state index >= 15 is 0 Å².